The zero-order valence-electron chi connectivity index (χ0n) is 20.5. The fourth-order valence-corrected chi connectivity index (χ4v) is 4.98. The maximum atomic E-state index is 13.3. The lowest BCUT2D eigenvalue weighted by Crippen LogP contribution is -2.48. The second-order valence-corrected chi connectivity index (χ2v) is 10.8. The maximum absolute atomic E-state index is 13.3. The Bertz CT molecular complexity index is 1100. The third-order valence-electron chi connectivity index (χ3n) is 5.68. The number of rotatable bonds is 11. The van der Waals surface area contributed by atoms with Gasteiger partial charge in [-0.1, -0.05) is 42.8 Å². The summed E-state index contributed by atoms with van der Waals surface area (Å²) in [4.78, 5) is 27.3. The van der Waals surface area contributed by atoms with E-state index >= 15 is 0 Å². The van der Waals surface area contributed by atoms with Gasteiger partial charge in [0.15, 0.2) is 0 Å². The zero-order chi connectivity index (χ0) is 25.5. The maximum Gasteiger partial charge on any atom is 0.242 e. The molecule has 7 nitrogen and oxygen atoms in total. The van der Waals surface area contributed by atoms with Gasteiger partial charge >= 0.3 is 0 Å². The molecule has 0 heterocycles. The SMILES string of the molecule is CCC(C(=O)NC)N(Cc1ccc(Cl)cc1)C(=O)CCCN(c1cc(C)ccc1C)S(C)(=O)=O. The molecule has 0 radical (unpaired) electrons. The van der Waals surface area contributed by atoms with Gasteiger partial charge < -0.3 is 10.2 Å². The lowest BCUT2D eigenvalue weighted by atomic mass is 10.1. The van der Waals surface area contributed by atoms with Gasteiger partial charge in [0, 0.05) is 31.6 Å². The summed E-state index contributed by atoms with van der Waals surface area (Å²) < 4.78 is 26.4. The van der Waals surface area contributed by atoms with Crippen molar-refractivity contribution in [1.29, 1.82) is 0 Å². The van der Waals surface area contributed by atoms with Gasteiger partial charge in [-0.2, -0.15) is 0 Å². The predicted molar refractivity (Wildman–Crippen MR) is 137 cm³/mol. The van der Waals surface area contributed by atoms with Gasteiger partial charge in [-0.05, 0) is 61.6 Å². The smallest absolute Gasteiger partial charge is 0.242 e. The number of amides is 2. The Balaban J connectivity index is 2.21. The molecule has 0 bridgehead atoms. The van der Waals surface area contributed by atoms with E-state index in [0.29, 0.717) is 23.6 Å². The van der Waals surface area contributed by atoms with E-state index in [1.807, 2.05) is 51.1 Å². The molecule has 1 N–H and O–H groups in total. The molecule has 186 valence electrons. The van der Waals surface area contributed by atoms with Gasteiger partial charge in [0.1, 0.15) is 6.04 Å². The molecule has 0 aliphatic heterocycles. The van der Waals surface area contributed by atoms with Gasteiger partial charge in [0.2, 0.25) is 21.8 Å². The first-order valence-electron chi connectivity index (χ1n) is 11.3. The van der Waals surface area contributed by atoms with E-state index in [0.717, 1.165) is 16.7 Å². The normalized spacial score (nSPS) is 12.2. The second kappa shape index (κ2) is 12.2. The van der Waals surface area contributed by atoms with Crippen molar-refractivity contribution < 1.29 is 18.0 Å². The van der Waals surface area contributed by atoms with Crippen LogP contribution < -0.4 is 9.62 Å². The number of aryl methyl sites for hydroxylation is 2. The third kappa shape index (κ3) is 7.46. The Kier molecular flexibility index (Phi) is 9.94. The lowest BCUT2D eigenvalue weighted by Gasteiger charge is -2.31. The largest absolute Gasteiger partial charge is 0.357 e. The van der Waals surface area contributed by atoms with E-state index in [-0.39, 0.29) is 31.3 Å². The first-order chi connectivity index (χ1) is 16.0. The van der Waals surface area contributed by atoms with Gasteiger partial charge in [-0.25, -0.2) is 8.42 Å². The highest BCUT2D eigenvalue weighted by Gasteiger charge is 2.28. The van der Waals surface area contributed by atoms with Gasteiger partial charge in [-0.15, -0.1) is 0 Å². The highest BCUT2D eigenvalue weighted by Crippen LogP contribution is 2.25. The molecule has 0 spiro atoms. The van der Waals surface area contributed by atoms with E-state index < -0.39 is 16.1 Å². The van der Waals surface area contributed by atoms with Crippen LogP contribution in [0.5, 0.6) is 0 Å². The summed E-state index contributed by atoms with van der Waals surface area (Å²) in [7, 11) is -1.99. The summed E-state index contributed by atoms with van der Waals surface area (Å²) in [5.41, 5.74) is 3.27. The molecule has 2 aromatic rings. The summed E-state index contributed by atoms with van der Waals surface area (Å²) in [5.74, 6) is -0.447. The highest BCUT2D eigenvalue weighted by atomic mass is 35.5. The van der Waals surface area contributed by atoms with Crippen LogP contribution in [0.1, 0.15) is 42.9 Å². The summed E-state index contributed by atoms with van der Waals surface area (Å²) in [6.45, 7) is 6.05. The molecule has 1 atom stereocenters. The predicted octanol–water partition coefficient (Wildman–Crippen LogP) is 4.06. The Morgan fingerprint density at radius 2 is 1.74 bits per heavy atom. The monoisotopic (exact) mass is 507 g/mol. The number of hydrogen-bond donors (Lipinski definition) is 1. The van der Waals surface area contributed by atoms with Crippen LogP contribution in [0, 0.1) is 13.8 Å². The first kappa shape index (κ1) is 27.7. The van der Waals surface area contributed by atoms with Crippen molar-refractivity contribution in [3.8, 4) is 0 Å². The number of sulfonamides is 1. The Labute approximate surface area is 208 Å². The van der Waals surface area contributed by atoms with Gasteiger partial charge in [0.05, 0.1) is 11.9 Å². The molecular formula is C25H34ClN3O4S. The number of nitrogens with zero attached hydrogens (tertiary/aromatic N) is 2. The molecule has 0 aliphatic carbocycles. The zero-order valence-corrected chi connectivity index (χ0v) is 22.0. The second-order valence-electron chi connectivity index (χ2n) is 8.42. The minimum Gasteiger partial charge on any atom is -0.357 e. The molecule has 0 aliphatic rings. The molecule has 2 aromatic carbocycles. The van der Waals surface area contributed by atoms with Crippen LogP contribution in [0.2, 0.25) is 5.02 Å². The number of halogens is 1. The van der Waals surface area contributed by atoms with E-state index in [1.54, 1.807) is 24.1 Å². The number of anilines is 1. The van der Waals surface area contributed by atoms with Crippen LogP contribution >= 0.6 is 11.6 Å². The molecule has 9 heteroatoms. The number of carbonyl (C=O) groups is 2. The van der Waals surface area contributed by atoms with E-state index in [9.17, 15) is 18.0 Å². The van der Waals surface area contributed by atoms with Crippen molar-refractivity contribution >= 4 is 39.1 Å². The number of hydrogen-bond acceptors (Lipinski definition) is 4. The van der Waals surface area contributed by atoms with Crippen molar-refractivity contribution in [2.24, 2.45) is 0 Å². The standard InChI is InChI=1S/C25H34ClN3O4S/c1-6-22(25(31)27-4)28(17-20-11-13-21(26)14-12-20)24(30)8-7-15-29(34(5,32)33)23-16-18(2)9-10-19(23)3/h9-14,16,22H,6-8,15,17H2,1-5H3,(H,27,31). The Morgan fingerprint density at radius 3 is 2.29 bits per heavy atom. The summed E-state index contributed by atoms with van der Waals surface area (Å²) in [5, 5.41) is 3.22. The molecule has 2 rings (SSSR count). The van der Waals surface area contributed by atoms with Crippen LogP contribution in [0.4, 0.5) is 5.69 Å². The van der Waals surface area contributed by atoms with Crippen LogP contribution in [0.25, 0.3) is 0 Å². The van der Waals surface area contributed by atoms with Crippen LogP contribution in [0.3, 0.4) is 0 Å². The Morgan fingerprint density at radius 1 is 1.09 bits per heavy atom. The van der Waals surface area contributed by atoms with Crippen LogP contribution in [0.15, 0.2) is 42.5 Å². The minimum atomic E-state index is -3.53. The molecule has 0 fully saturated rings. The molecule has 0 saturated heterocycles. The minimum absolute atomic E-state index is 0.109. The highest BCUT2D eigenvalue weighted by molar-refractivity contribution is 7.92. The molecule has 34 heavy (non-hydrogen) atoms. The van der Waals surface area contributed by atoms with Crippen molar-refractivity contribution in [1.82, 2.24) is 10.2 Å². The first-order valence-corrected chi connectivity index (χ1v) is 13.5. The van der Waals surface area contributed by atoms with Crippen molar-refractivity contribution in [3.05, 3.63) is 64.2 Å². The molecule has 0 aromatic heterocycles. The van der Waals surface area contributed by atoms with Crippen LogP contribution in [-0.4, -0.2) is 51.0 Å². The Hall–Kier alpha value is -2.58. The molecular weight excluding hydrogens is 474 g/mol. The van der Waals surface area contributed by atoms with Gasteiger partial charge in [-0.3, -0.25) is 13.9 Å². The van der Waals surface area contributed by atoms with E-state index in [2.05, 4.69) is 5.32 Å². The van der Waals surface area contributed by atoms with Crippen LogP contribution in [-0.2, 0) is 26.2 Å². The molecule has 2 amide bonds. The summed E-state index contributed by atoms with van der Waals surface area (Å²) >= 11 is 5.98. The van der Waals surface area contributed by atoms with Gasteiger partial charge in [0.25, 0.3) is 0 Å². The topological polar surface area (TPSA) is 86.8 Å². The van der Waals surface area contributed by atoms with E-state index in [1.165, 1.54) is 10.6 Å². The number of likely N-dealkylation sites (N-methyl/N-ethyl adjacent to an activating group) is 1. The average Bonchev–Trinajstić information content (AvgIpc) is 2.78. The fraction of sp³-hybridized carbons (Fsp3) is 0.440. The van der Waals surface area contributed by atoms with Crippen molar-refractivity contribution in [2.75, 3.05) is 24.2 Å². The molecule has 1 unspecified atom stereocenters. The van der Waals surface area contributed by atoms with Crippen molar-refractivity contribution in [3.63, 3.8) is 0 Å². The summed E-state index contributed by atoms with van der Waals surface area (Å²) in [6, 6.07) is 12.2. The summed E-state index contributed by atoms with van der Waals surface area (Å²) in [6.07, 6.45) is 2.05. The third-order valence-corrected chi connectivity index (χ3v) is 7.12. The number of benzene rings is 2. The van der Waals surface area contributed by atoms with Crippen molar-refractivity contribution in [2.45, 2.75) is 52.6 Å². The van der Waals surface area contributed by atoms with E-state index in [4.69, 9.17) is 11.6 Å². The quantitative estimate of drug-likeness (QED) is 0.497. The average molecular weight is 508 g/mol. The number of carbonyl (C=O) groups excluding carboxylic acids is 2. The lowest BCUT2D eigenvalue weighted by molar-refractivity contribution is -0.141. The number of nitrogens with one attached hydrogen (secondary N) is 1. The molecule has 0 saturated carbocycles. The fourth-order valence-electron chi connectivity index (χ4n) is 3.84.